The van der Waals surface area contributed by atoms with Crippen molar-refractivity contribution in [1.82, 2.24) is 4.90 Å². The first-order chi connectivity index (χ1) is 14.2. The number of carboxylic acids is 1. The molecule has 0 bridgehead atoms. The topological polar surface area (TPSA) is 47.8 Å². The van der Waals surface area contributed by atoms with Crippen molar-refractivity contribution in [3.8, 4) is 0 Å². The van der Waals surface area contributed by atoms with Crippen LogP contribution in [0.3, 0.4) is 0 Å². The lowest BCUT2D eigenvalue weighted by Crippen LogP contribution is -3.13. The number of nitrogens with one attached hydrogen (secondary N) is 1. The van der Waals surface area contributed by atoms with E-state index >= 15 is 0 Å². The number of quaternary nitrogens is 1. The summed E-state index contributed by atoms with van der Waals surface area (Å²) in [4.78, 5) is 15.2. The van der Waals surface area contributed by atoms with E-state index in [1.807, 2.05) is 6.07 Å². The third kappa shape index (κ3) is 4.73. The minimum Gasteiger partial charge on any atom is -0.545 e. The van der Waals surface area contributed by atoms with E-state index in [-0.39, 0.29) is 11.6 Å². The summed E-state index contributed by atoms with van der Waals surface area (Å²) in [6, 6.07) is 28.8. The molecular formula is C25H26N2O2. The average molecular weight is 386 g/mol. The van der Waals surface area contributed by atoms with Gasteiger partial charge in [0.15, 0.2) is 0 Å². The van der Waals surface area contributed by atoms with Crippen molar-refractivity contribution in [1.29, 1.82) is 0 Å². The van der Waals surface area contributed by atoms with Gasteiger partial charge >= 0.3 is 0 Å². The van der Waals surface area contributed by atoms with Crippen LogP contribution in [-0.2, 0) is 6.54 Å². The van der Waals surface area contributed by atoms with Crippen molar-refractivity contribution < 1.29 is 14.8 Å². The molecule has 0 atom stereocenters. The first-order valence-electron chi connectivity index (χ1n) is 10.2. The maximum Gasteiger partial charge on any atom is 0.103 e. The van der Waals surface area contributed by atoms with Gasteiger partial charge < -0.3 is 14.8 Å². The number of rotatable bonds is 6. The predicted molar refractivity (Wildman–Crippen MR) is 111 cm³/mol. The average Bonchev–Trinajstić information content (AvgIpc) is 2.77. The normalized spacial score (nSPS) is 15.5. The molecule has 1 saturated heterocycles. The largest absolute Gasteiger partial charge is 0.545 e. The van der Waals surface area contributed by atoms with Gasteiger partial charge in [0, 0.05) is 18.7 Å². The van der Waals surface area contributed by atoms with Gasteiger partial charge in [-0.25, -0.2) is 0 Å². The minimum atomic E-state index is -1.11. The summed E-state index contributed by atoms with van der Waals surface area (Å²) in [5, 5.41) is 11.1. The summed E-state index contributed by atoms with van der Waals surface area (Å²) in [6.07, 6.45) is 0. The fraction of sp³-hybridized carbons (Fsp3) is 0.240. The molecular weight excluding hydrogens is 360 g/mol. The molecule has 3 aromatic rings. The lowest BCUT2D eigenvalue weighted by atomic mass is 9.96. The number of hydrogen-bond donors (Lipinski definition) is 1. The highest BCUT2D eigenvalue weighted by molar-refractivity contribution is 5.85. The van der Waals surface area contributed by atoms with Crippen molar-refractivity contribution in [2.45, 2.75) is 12.6 Å². The minimum absolute atomic E-state index is 0.258. The second kappa shape index (κ2) is 9.03. The highest BCUT2D eigenvalue weighted by Crippen LogP contribution is 2.28. The first kappa shape index (κ1) is 19.4. The molecule has 4 rings (SSSR count). The lowest BCUT2D eigenvalue weighted by molar-refractivity contribution is -0.918. The summed E-state index contributed by atoms with van der Waals surface area (Å²) < 4.78 is 0. The van der Waals surface area contributed by atoms with Crippen LogP contribution in [0.25, 0.3) is 0 Å². The van der Waals surface area contributed by atoms with Gasteiger partial charge in [-0.2, -0.15) is 0 Å². The molecule has 1 heterocycles. The maximum atomic E-state index is 11.1. The molecule has 0 aromatic heterocycles. The van der Waals surface area contributed by atoms with E-state index in [0.29, 0.717) is 0 Å². The zero-order valence-corrected chi connectivity index (χ0v) is 16.5. The number of aromatic carboxylic acids is 1. The Hall–Kier alpha value is -2.95. The van der Waals surface area contributed by atoms with Crippen LogP contribution in [0.5, 0.6) is 0 Å². The van der Waals surface area contributed by atoms with Crippen LogP contribution in [0.2, 0.25) is 0 Å². The molecule has 4 nitrogen and oxygen atoms in total. The highest BCUT2D eigenvalue weighted by Gasteiger charge is 2.28. The van der Waals surface area contributed by atoms with Gasteiger partial charge in [0.2, 0.25) is 0 Å². The second-order valence-corrected chi connectivity index (χ2v) is 7.67. The quantitative estimate of drug-likeness (QED) is 0.699. The third-order valence-electron chi connectivity index (χ3n) is 5.72. The maximum absolute atomic E-state index is 11.1. The zero-order chi connectivity index (χ0) is 20.1. The van der Waals surface area contributed by atoms with E-state index in [2.05, 4.69) is 65.6 Å². The van der Waals surface area contributed by atoms with Crippen LogP contribution >= 0.6 is 0 Å². The molecule has 0 saturated carbocycles. The van der Waals surface area contributed by atoms with Crippen LogP contribution in [0.4, 0.5) is 0 Å². The standard InChI is InChI=1S/C25H26N2O2/c28-25(29)23-13-7-8-20(18-23)19-26-14-16-27(17-15-26)24(21-9-3-1-4-10-21)22-11-5-2-6-12-22/h1-13,18,24H,14-17,19H2,(H,28,29). The monoisotopic (exact) mass is 386 g/mol. The van der Waals surface area contributed by atoms with Crippen LogP contribution in [0.1, 0.15) is 33.1 Å². The number of benzene rings is 3. The summed E-state index contributed by atoms with van der Waals surface area (Å²) in [7, 11) is 0. The Morgan fingerprint density at radius 2 is 1.45 bits per heavy atom. The molecule has 4 heteroatoms. The summed E-state index contributed by atoms with van der Waals surface area (Å²) in [5.74, 6) is -1.11. The zero-order valence-electron chi connectivity index (χ0n) is 16.5. The van der Waals surface area contributed by atoms with E-state index in [1.165, 1.54) is 16.0 Å². The number of piperazine rings is 1. The SMILES string of the molecule is O=C([O-])c1cccc(C[NH+]2CCN(C(c3ccccc3)c3ccccc3)CC2)c1. The van der Waals surface area contributed by atoms with Crippen LogP contribution in [0.15, 0.2) is 84.9 Å². The molecule has 3 aromatic carbocycles. The predicted octanol–water partition coefficient (Wildman–Crippen LogP) is 1.54. The molecule has 0 radical (unpaired) electrons. The van der Waals surface area contributed by atoms with Gasteiger partial charge in [-0.05, 0) is 22.8 Å². The Morgan fingerprint density at radius 3 is 2.00 bits per heavy atom. The molecule has 1 aliphatic rings. The van der Waals surface area contributed by atoms with Gasteiger partial charge in [-0.15, -0.1) is 0 Å². The lowest BCUT2D eigenvalue weighted by Gasteiger charge is -2.38. The van der Waals surface area contributed by atoms with Crippen molar-refractivity contribution in [3.05, 3.63) is 107 Å². The Morgan fingerprint density at radius 1 is 0.862 bits per heavy atom. The van der Waals surface area contributed by atoms with Gasteiger partial charge in [-0.1, -0.05) is 78.9 Å². The molecule has 0 aliphatic carbocycles. The van der Waals surface area contributed by atoms with Gasteiger partial charge in [0.1, 0.15) is 6.54 Å². The molecule has 1 fully saturated rings. The Labute approximate surface area is 172 Å². The second-order valence-electron chi connectivity index (χ2n) is 7.67. The first-order valence-corrected chi connectivity index (χ1v) is 10.2. The number of carbonyl (C=O) groups is 1. The van der Waals surface area contributed by atoms with E-state index in [4.69, 9.17) is 0 Å². The van der Waals surface area contributed by atoms with E-state index in [1.54, 1.807) is 18.2 Å². The van der Waals surface area contributed by atoms with Crippen LogP contribution in [0, 0.1) is 0 Å². The van der Waals surface area contributed by atoms with Crippen LogP contribution < -0.4 is 10.0 Å². The summed E-state index contributed by atoms with van der Waals surface area (Å²) in [5.41, 5.74) is 3.96. The van der Waals surface area contributed by atoms with E-state index in [9.17, 15) is 9.90 Å². The smallest absolute Gasteiger partial charge is 0.103 e. The van der Waals surface area contributed by atoms with Gasteiger partial charge in [-0.3, -0.25) is 4.90 Å². The summed E-state index contributed by atoms with van der Waals surface area (Å²) in [6.45, 7) is 4.92. The van der Waals surface area contributed by atoms with E-state index in [0.717, 1.165) is 38.3 Å². The molecule has 1 aliphatic heterocycles. The molecule has 0 unspecified atom stereocenters. The Kier molecular flexibility index (Phi) is 6.03. The number of carboxylic acid groups (broad SMARTS) is 1. The number of hydrogen-bond acceptors (Lipinski definition) is 3. The molecule has 0 amide bonds. The molecule has 0 spiro atoms. The number of nitrogens with zero attached hydrogens (tertiary/aromatic N) is 1. The molecule has 29 heavy (non-hydrogen) atoms. The van der Waals surface area contributed by atoms with Crippen molar-refractivity contribution in [2.75, 3.05) is 26.2 Å². The van der Waals surface area contributed by atoms with Crippen molar-refractivity contribution >= 4 is 5.97 Å². The number of carbonyl (C=O) groups excluding carboxylic acids is 1. The third-order valence-corrected chi connectivity index (χ3v) is 5.72. The van der Waals surface area contributed by atoms with Crippen molar-refractivity contribution in [3.63, 3.8) is 0 Å². The molecule has 1 N–H and O–H groups in total. The van der Waals surface area contributed by atoms with Gasteiger partial charge in [0.25, 0.3) is 0 Å². The molecule has 148 valence electrons. The van der Waals surface area contributed by atoms with Gasteiger partial charge in [0.05, 0.1) is 25.1 Å². The van der Waals surface area contributed by atoms with E-state index < -0.39 is 5.97 Å². The Balaban J connectivity index is 1.46. The van der Waals surface area contributed by atoms with Crippen molar-refractivity contribution in [2.24, 2.45) is 0 Å². The Bertz CT molecular complexity index is 896. The fourth-order valence-electron chi connectivity index (χ4n) is 4.26. The highest BCUT2D eigenvalue weighted by atomic mass is 16.4. The van der Waals surface area contributed by atoms with Crippen LogP contribution in [-0.4, -0.2) is 37.0 Å². The summed E-state index contributed by atoms with van der Waals surface area (Å²) >= 11 is 0. The fourth-order valence-corrected chi connectivity index (χ4v) is 4.26.